The average molecular weight is 381 g/mol. The Morgan fingerprint density at radius 1 is 1.23 bits per heavy atom. The fourth-order valence-corrected chi connectivity index (χ4v) is 4.53. The molecule has 8 heteroatoms. The first kappa shape index (κ1) is 20.4. The van der Waals surface area contributed by atoms with Crippen LogP contribution in [0.15, 0.2) is 23.1 Å². The number of nitrogens with one attached hydrogen (secondary N) is 1. The number of amides is 1. The first-order chi connectivity index (χ1) is 12.4. The lowest BCUT2D eigenvalue weighted by Gasteiger charge is -2.18. The Labute approximate surface area is 155 Å². The zero-order chi connectivity index (χ0) is 19.3. The molecule has 144 valence electrons. The molecule has 1 aromatic carbocycles. The Kier molecular flexibility index (Phi) is 6.77. The molecule has 7 nitrogen and oxygen atoms in total. The SMILES string of the molecule is CCCn1c(CCC(=O)NC)nc2cc(S(=O)(=O)N(CC)CC)ccc21. The van der Waals surface area contributed by atoms with Crippen molar-refractivity contribution in [2.75, 3.05) is 20.1 Å². The summed E-state index contributed by atoms with van der Waals surface area (Å²) < 4.78 is 29.0. The number of benzene rings is 1. The Hall–Kier alpha value is -1.93. The van der Waals surface area contributed by atoms with Gasteiger partial charge in [-0.2, -0.15) is 4.31 Å². The lowest BCUT2D eigenvalue weighted by molar-refractivity contribution is -0.120. The van der Waals surface area contributed by atoms with E-state index in [1.807, 2.05) is 19.9 Å². The minimum Gasteiger partial charge on any atom is -0.359 e. The molecule has 0 bridgehead atoms. The molecule has 1 aromatic heterocycles. The van der Waals surface area contributed by atoms with Gasteiger partial charge in [-0.3, -0.25) is 4.79 Å². The number of fused-ring (bicyclic) bond motifs is 1. The number of nitrogens with zero attached hydrogens (tertiary/aromatic N) is 3. The molecule has 1 heterocycles. The lowest BCUT2D eigenvalue weighted by atomic mass is 10.2. The van der Waals surface area contributed by atoms with E-state index in [4.69, 9.17) is 0 Å². The molecule has 0 saturated carbocycles. The molecule has 0 aliphatic heterocycles. The van der Waals surface area contributed by atoms with Gasteiger partial charge in [0.15, 0.2) is 0 Å². The van der Waals surface area contributed by atoms with Crippen molar-refractivity contribution in [1.29, 1.82) is 0 Å². The molecule has 0 unspecified atom stereocenters. The zero-order valence-corrected chi connectivity index (χ0v) is 16.8. The molecule has 2 rings (SSSR count). The predicted molar refractivity (Wildman–Crippen MR) is 103 cm³/mol. The second-order valence-electron chi connectivity index (χ2n) is 6.09. The molecule has 1 N–H and O–H groups in total. The van der Waals surface area contributed by atoms with Crippen LogP contribution in [-0.4, -0.2) is 48.3 Å². The largest absolute Gasteiger partial charge is 0.359 e. The number of sulfonamides is 1. The zero-order valence-electron chi connectivity index (χ0n) is 15.9. The maximum absolute atomic E-state index is 12.7. The molecule has 2 aromatic rings. The van der Waals surface area contributed by atoms with E-state index in [1.165, 1.54) is 4.31 Å². The Morgan fingerprint density at radius 2 is 1.92 bits per heavy atom. The highest BCUT2D eigenvalue weighted by Crippen LogP contribution is 2.24. The number of aryl methyl sites for hydroxylation is 2. The fourth-order valence-electron chi connectivity index (χ4n) is 3.05. The fraction of sp³-hybridized carbons (Fsp3) is 0.556. The summed E-state index contributed by atoms with van der Waals surface area (Å²) in [5.74, 6) is 0.771. The third kappa shape index (κ3) is 4.07. The van der Waals surface area contributed by atoms with Gasteiger partial charge in [0, 0.05) is 39.5 Å². The van der Waals surface area contributed by atoms with Crippen molar-refractivity contribution in [1.82, 2.24) is 19.2 Å². The van der Waals surface area contributed by atoms with Crippen LogP contribution in [0.4, 0.5) is 0 Å². The summed E-state index contributed by atoms with van der Waals surface area (Å²) in [6.07, 6.45) is 1.80. The number of hydrogen-bond donors (Lipinski definition) is 1. The highest BCUT2D eigenvalue weighted by Gasteiger charge is 2.23. The van der Waals surface area contributed by atoms with Gasteiger partial charge in [0.05, 0.1) is 15.9 Å². The molecule has 0 radical (unpaired) electrons. The first-order valence-corrected chi connectivity index (χ1v) is 10.5. The first-order valence-electron chi connectivity index (χ1n) is 9.08. The van der Waals surface area contributed by atoms with Crippen molar-refractivity contribution in [3.63, 3.8) is 0 Å². The van der Waals surface area contributed by atoms with E-state index in [2.05, 4.69) is 21.8 Å². The van der Waals surface area contributed by atoms with E-state index in [0.717, 1.165) is 24.3 Å². The molecular weight excluding hydrogens is 352 g/mol. The Morgan fingerprint density at radius 3 is 2.50 bits per heavy atom. The molecular formula is C18H28N4O3S. The second kappa shape index (κ2) is 8.64. The van der Waals surface area contributed by atoms with Crippen LogP contribution in [0, 0.1) is 0 Å². The van der Waals surface area contributed by atoms with Gasteiger partial charge >= 0.3 is 0 Å². The van der Waals surface area contributed by atoms with E-state index in [1.54, 1.807) is 19.2 Å². The third-order valence-corrected chi connectivity index (χ3v) is 6.49. The van der Waals surface area contributed by atoms with Crippen molar-refractivity contribution in [3.8, 4) is 0 Å². The summed E-state index contributed by atoms with van der Waals surface area (Å²) in [6, 6.07) is 5.10. The molecule has 26 heavy (non-hydrogen) atoms. The second-order valence-corrected chi connectivity index (χ2v) is 8.03. The molecule has 0 atom stereocenters. The topological polar surface area (TPSA) is 84.3 Å². The predicted octanol–water partition coefficient (Wildman–Crippen LogP) is 2.16. The third-order valence-electron chi connectivity index (χ3n) is 4.44. The van der Waals surface area contributed by atoms with Gasteiger partial charge in [-0.15, -0.1) is 0 Å². The van der Waals surface area contributed by atoms with Gasteiger partial charge in [-0.05, 0) is 24.6 Å². The van der Waals surface area contributed by atoms with Gasteiger partial charge in [-0.25, -0.2) is 13.4 Å². The van der Waals surface area contributed by atoms with Crippen LogP contribution in [0.5, 0.6) is 0 Å². The van der Waals surface area contributed by atoms with Crippen molar-refractivity contribution in [2.45, 2.75) is 51.5 Å². The van der Waals surface area contributed by atoms with Crippen LogP contribution in [0.3, 0.4) is 0 Å². The van der Waals surface area contributed by atoms with Crippen LogP contribution in [-0.2, 0) is 27.8 Å². The van der Waals surface area contributed by atoms with Gasteiger partial charge in [0.2, 0.25) is 15.9 Å². The van der Waals surface area contributed by atoms with Crippen molar-refractivity contribution in [3.05, 3.63) is 24.0 Å². The van der Waals surface area contributed by atoms with E-state index in [0.29, 0.717) is 31.4 Å². The molecule has 0 aliphatic carbocycles. The summed E-state index contributed by atoms with van der Waals surface area (Å²) in [6.45, 7) is 7.37. The van der Waals surface area contributed by atoms with Crippen LogP contribution in [0.25, 0.3) is 11.0 Å². The van der Waals surface area contributed by atoms with E-state index in [-0.39, 0.29) is 10.8 Å². The number of carbonyl (C=O) groups excluding carboxylic acids is 1. The Balaban J connectivity index is 2.47. The summed E-state index contributed by atoms with van der Waals surface area (Å²) >= 11 is 0. The molecule has 0 aliphatic rings. The van der Waals surface area contributed by atoms with Gasteiger partial charge < -0.3 is 9.88 Å². The normalized spacial score (nSPS) is 12.0. The summed E-state index contributed by atoms with van der Waals surface area (Å²) in [4.78, 5) is 16.4. The quantitative estimate of drug-likeness (QED) is 0.722. The van der Waals surface area contributed by atoms with Crippen molar-refractivity contribution >= 4 is 27.0 Å². The van der Waals surface area contributed by atoms with Crippen LogP contribution in [0.2, 0.25) is 0 Å². The van der Waals surface area contributed by atoms with E-state index in [9.17, 15) is 13.2 Å². The number of imidazole rings is 1. The van der Waals surface area contributed by atoms with Gasteiger partial charge in [-0.1, -0.05) is 20.8 Å². The molecule has 0 fully saturated rings. The van der Waals surface area contributed by atoms with E-state index < -0.39 is 10.0 Å². The highest BCUT2D eigenvalue weighted by atomic mass is 32.2. The number of aromatic nitrogens is 2. The maximum Gasteiger partial charge on any atom is 0.243 e. The van der Waals surface area contributed by atoms with Gasteiger partial charge in [0.1, 0.15) is 5.82 Å². The minimum absolute atomic E-state index is 0.0371. The van der Waals surface area contributed by atoms with Crippen LogP contribution in [0.1, 0.15) is 39.4 Å². The molecule has 0 saturated heterocycles. The summed E-state index contributed by atoms with van der Waals surface area (Å²) in [5, 5.41) is 2.61. The maximum atomic E-state index is 12.7. The van der Waals surface area contributed by atoms with Crippen molar-refractivity contribution in [2.24, 2.45) is 0 Å². The minimum atomic E-state index is -3.52. The summed E-state index contributed by atoms with van der Waals surface area (Å²) in [7, 11) is -1.91. The van der Waals surface area contributed by atoms with E-state index >= 15 is 0 Å². The summed E-state index contributed by atoms with van der Waals surface area (Å²) in [5.41, 5.74) is 1.55. The number of rotatable bonds is 9. The lowest BCUT2D eigenvalue weighted by Crippen LogP contribution is -2.30. The monoisotopic (exact) mass is 380 g/mol. The Bertz CT molecular complexity index is 870. The van der Waals surface area contributed by atoms with Crippen LogP contribution >= 0.6 is 0 Å². The van der Waals surface area contributed by atoms with Gasteiger partial charge in [0.25, 0.3) is 0 Å². The van der Waals surface area contributed by atoms with Crippen LogP contribution < -0.4 is 5.32 Å². The smallest absolute Gasteiger partial charge is 0.243 e. The van der Waals surface area contributed by atoms with Crippen molar-refractivity contribution < 1.29 is 13.2 Å². The number of carbonyl (C=O) groups is 1. The molecule has 1 amide bonds. The standard InChI is InChI=1S/C18H28N4O3S/c1-5-12-22-16-9-8-14(26(24,25)21(6-2)7-3)13-15(16)20-17(22)10-11-18(23)19-4/h8-9,13H,5-7,10-12H2,1-4H3,(H,19,23). The number of hydrogen-bond acceptors (Lipinski definition) is 4. The highest BCUT2D eigenvalue weighted by molar-refractivity contribution is 7.89. The average Bonchev–Trinajstić information content (AvgIpc) is 2.97. The molecule has 0 spiro atoms.